The Morgan fingerprint density at radius 2 is 0.662 bits per heavy atom. The zero-order valence-corrected chi connectivity index (χ0v) is 72.6. The number of halogens is 7. The number of nitrogens with one attached hydrogen (secondary N) is 3. The van der Waals surface area contributed by atoms with Gasteiger partial charge >= 0.3 is 24.1 Å². The van der Waals surface area contributed by atoms with Crippen molar-refractivity contribution >= 4 is 79.6 Å². The van der Waals surface area contributed by atoms with Crippen molar-refractivity contribution in [2.24, 2.45) is 30.6 Å². The van der Waals surface area contributed by atoms with Crippen molar-refractivity contribution in [1.29, 1.82) is 0 Å². The molecule has 9 aliphatic rings. The molecule has 0 aliphatic carbocycles. The average Bonchev–Trinajstić information content (AvgIpc) is 1.52. The summed E-state index contributed by atoms with van der Waals surface area (Å²) in [6.07, 6.45) is 37.5. The Morgan fingerprint density at radius 1 is 0.323 bits per heavy atom. The summed E-state index contributed by atoms with van der Waals surface area (Å²) < 4.78 is 95.0. The van der Waals surface area contributed by atoms with Crippen molar-refractivity contribution in [3.63, 3.8) is 0 Å². The second-order valence-electron chi connectivity index (χ2n) is 29.2. The van der Waals surface area contributed by atoms with E-state index in [2.05, 4.69) is 114 Å². The predicted molar refractivity (Wildman–Crippen MR) is 491 cm³/mol. The highest BCUT2D eigenvalue weighted by Crippen LogP contribution is 2.36. The molecule has 0 radical (unpaired) electrons. The molecule has 26 nitrogen and oxygen atoms in total. The molecule has 3 fully saturated rings. The van der Waals surface area contributed by atoms with Crippen LogP contribution in [0.3, 0.4) is 0 Å². The largest absolute Gasteiger partial charge is 0.350 e. The summed E-state index contributed by atoms with van der Waals surface area (Å²) in [7, 11) is 0. The van der Waals surface area contributed by atoms with Gasteiger partial charge in [0.05, 0.1) is 54.8 Å². The number of likely N-dealkylation sites (tertiary alicyclic amines) is 2. The van der Waals surface area contributed by atoms with Gasteiger partial charge in [0, 0.05) is 165 Å². The topological polar surface area (TPSA) is 272 Å². The Bertz CT molecular complexity index is 5560. The maximum atomic E-state index is 13.5. The van der Waals surface area contributed by atoms with Crippen LogP contribution < -0.4 is 16.2 Å². The van der Waals surface area contributed by atoms with Gasteiger partial charge < -0.3 is 26.0 Å². The third kappa shape index (κ3) is 27.0. The highest BCUT2D eigenvalue weighted by atomic mass is 19.2. The molecule has 6 amide bonds. The Balaban J connectivity index is 0.000000148. The molecule has 11 aromatic rings. The number of hydrogen-bond donors (Lipinski definition) is 3. The van der Waals surface area contributed by atoms with E-state index in [0.29, 0.717) is 68.6 Å². The molecule has 0 spiro atoms. The van der Waals surface area contributed by atoms with E-state index in [1.807, 2.05) is 114 Å². The van der Waals surface area contributed by atoms with Crippen molar-refractivity contribution in [2.45, 2.75) is 116 Å². The van der Waals surface area contributed by atoms with Gasteiger partial charge in [-0.05, 0) is 121 Å². The summed E-state index contributed by atoms with van der Waals surface area (Å²) in [5.74, 6) is -2.97. The molecular weight excluding hydrogens is 1670 g/mol. The smallest absolute Gasteiger partial charge is 0.315 e. The van der Waals surface area contributed by atoms with E-state index in [0.717, 1.165) is 77.8 Å². The molecular formula is C97H101F7N22O4. The van der Waals surface area contributed by atoms with Crippen LogP contribution in [0.2, 0.25) is 0 Å². The van der Waals surface area contributed by atoms with Gasteiger partial charge in [0.1, 0.15) is 53.4 Å². The molecule has 3 saturated heterocycles. The lowest BCUT2D eigenvalue weighted by molar-refractivity contribution is 0.135. The molecule has 6 unspecified atom stereocenters. The molecule has 3 N–H and O–H groups in total. The Morgan fingerprint density at radius 3 is 1.02 bits per heavy atom. The monoisotopic (exact) mass is 1770 g/mol. The second-order valence-corrected chi connectivity index (χ2v) is 29.2. The van der Waals surface area contributed by atoms with E-state index >= 15 is 0 Å². The van der Waals surface area contributed by atoms with Crippen LogP contribution in [-0.4, -0.2) is 165 Å². The molecule has 672 valence electrons. The third-order valence-corrected chi connectivity index (χ3v) is 20.3. The number of aromatic nitrogens is 7. The summed E-state index contributed by atoms with van der Waals surface area (Å²) in [6.45, 7) is 16.4. The fourth-order valence-corrected chi connectivity index (χ4v) is 14.0. The summed E-state index contributed by atoms with van der Waals surface area (Å²) >= 11 is 0. The van der Waals surface area contributed by atoms with E-state index in [-0.39, 0.29) is 71.8 Å². The predicted octanol–water partition coefficient (Wildman–Crippen LogP) is 19.8. The normalized spacial score (nSPS) is 18.0. The van der Waals surface area contributed by atoms with Gasteiger partial charge in [-0.15, -0.1) is 0 Å². The minimum Gasteiger partial charge on any atom is -0.315 e. The summed E-state index contributed by atoms with van der Waals surface area (Å²) in [5, 5.41) is 32.7. The number of carbonyl (C=O) groups is 4. The quantitative estimate of drug-likeness (QED) is 0.114. The first-order valence-corrected chi connectivity index (χ1v) is 42.6. The van der Waals surface area contributed by atoms with Gasteiger partial charge in [0.15, 0.2) is 0 Å². The molecule has 0 bridgehead atoms. The molecule has 6 atom stereocenters. The van der Waals surface area contributed by atoms with Gasteiger partial charge in [-0.1, -0.05) is 175 Å². The molecule has 14 heterocycles. The summed E-state index contributed by atoms with van der Waals surface area (Å²) in [4.78, 5) is 72.3. The van der Waals surface area contributed by atoms with Crippen LogP contribution in [0.5, 0.6) is 0 Å². The standard InChI is InChI=1S/C20H17F2N3O.C19H17FN4O.C13H11FN4O.C12H10FN5O.C10H11N.C9H9FN2.C8H8FN3.3C2H6/c21-17-9-16(10-18(22)11-17)19-6-7-23-25(19)20(26)24-12-15(13-24)8-14-4-2-1-3-5-14;20-17-9-16(10-21-11-17)18-6-7-22-24(18)19(25)23-12-15(13-23)8-14-4-2-1-3-5-14;14-11-3-1-2-10(8-11)12-4-5-16-18(12)13(19)17-7-6-15-9-17;13-10-5-9(6-15-7-10)11-1-2-16-18(11)12(19)17-4-3-14-8-17;1-2-4-9(5-3-1)6-10-7-11-8-10;10-8-3-1-2-7(6-8)9-4-5-11-12-9;9-7-3-6(4-10-5-7)8-1-2-11-12-8;3*1-2/h1-5,7-11,19H,6,12-13H2;1-5,7-11,18H,6,12-13H2;1-3,5-9,12H,4H2;2-8,11H,1H2;1-6,11H,7-8H2;1-3,5-6,9,12H,4H2;2-5,8,12H,1H2;3*1-2H3. The van der Waals surface area contributed by atoms with Crippen molar-refractivity contribution in [2.75, 3.05) is 39.3 Å². The van der Waals surface area contributed by atoms with E-state index in [1.54, 1.807) is 83.9 Å². The number of imidazole rings is 2. The number of benzene rings is 6. The number of nitrogens with zero attached hydrogens (tertiary/aromatic N) is 19. The van der Waals surface area contributed by atoms with Crippen LogP contribution in [0.15, 0.2) is 298 Å². The molecule has 9 aliphatic heterocycles. The first-order valence-electron chi connectivity index (χ1n) is 42.6. The number of amides is 6. The van der Waals surface area contributed by atoms with Gasteiger partial charge in [-0.3, -0.25) is 24.1 Å². The fraction of sp³-hybridized carbons (Fsp3) is 0.247. The fourth-order valence-electron chi connectivity index (χ4n) is 14.0. The lowest BCUT2D eigenvalue weighted by atomic mass is 10.0. The lowest BCUT2D eigenvalue weighted by Gasteiger charge is -2.37. The zero-order valence-electron chi connectivity index (χ0n) is 72.6. The van der Waals surface area contributed by atoms with Crippen LogP contribution in [0.4, 0.5) is 49.9 Å². The number of hydrazone groups is 6. The Hall–Kier alpha value is -15.0. The minimum atomic E-state index is -0.656. The SMILES string of the molecule is C(=C1CNC1)c1ccccc1.CC.CC.CC.Fc1cccc(C2CC=NN2)c1.Fc1cncc(C2CC=NN2)c1.O=C(N1CC(=Cc2ccccc2)C1)N1N=CCC1c1cc(F)cc(F)c1.O=C(N1CC(=Cc2ccccc2)C1)N1N=CCC1c1cncc(F)c1.O=C(N1N=CCC1c1cccc(F)c1)n1ccnc1.O=C(N1N=CCC1c1cncc(F)c1)n1ccnc1. The van der Waals surface area contributed by atoms with E-state index in [1.165, 1.54) is 144 Å². The first kappa shape index (κ1) is 95.6. The molecule has 0 saturated carbocycles. The summed E-state index contributed by atoms with van der Waals surface area (Å²) in [6, 6.07) is 48.6. The number of pyridine rings is 3. The van der Waals surface area contributed by atoms with Crippen molar-refractivity contribution < 1.29 is 49.9 Å². The van der Waals surface area contributed by atoms with Crippen LogP contribution in [0.1, 0.15) is 166 Å². The first-order chi connectivity index (χ1) is 63.5. The lowest BCUT2D eigenvalue weighted by Crippen LogP contribution is -2.49. The molecule has 130 heavy (non-hydrogen) atoms. The number of hydrogen-bond acceptors (Lipinski definition) is 18. The molecule has 33 heteroatoms. The van der Waals surface area contributed by atoms with Crippen LogP contribution >= 0.6 is 0 Å². The number of urea groups is 2. The van der Waals surface area contributed by atoms with Gasteiger partial charge in [-0.25, -0.2) is 79.9 Å². The highest BCUT2D eigenvalue weighted by Gasteiger charge is 2.38. The summed E-state index contributed by atoms with van der Waals surface area (Å²) in [5.41, 5.74) is 17.4. The van der Waals surface area contributed by atoms with Crippen LogP contribution in [0, 0.1) is 40.7 Å². The van der Waals surface area contributed by atoms with Crippen molar-refractivity contribution in [3.8, 4) is 0 Å². The van der Waals surface area contributed by atoms with E-state index < -0.39 is 29.3 Å². The Labute approximate surface area is 750 Å². The number of rotatable bonds is 9. The van der Waals surface area contributed by atoms with E-state index in [4.69, 9.17) is 0 Å². The Kier molecular flexibility index (Phi) is 36.2. The van der Waals surface area contributed by atoms with Crippen molar-refractivity contribution in [1.82, 2.24) is 80.1 Å². The van der Waals surface area contributed by atoms with Crippen LogP contribution in [0.25, 0.3) is 18.2 Å². The highest BCUT2D eigenvalue weighted by molar-refractivity contribution is 5.83. The average molecular weight is 1770 g/mol. The van der Waals surface area contributed by atoms with E-state index in [9.17, 15) is 49.9 Å². The van der Waals surface area contributed by atoms with Crippen LogP contribution in [-0.2, 0) is 0 Å². The van der Waals surface area contributed by atoms with Gasteiger partial charge in [0.25, 0.3) is 0 Å². The van der Waals surface area contributed by atoms with Crippen molar-refractivity contribution in [3.05, 3.63) is 358 Å². The molecule has 20 rings (SSSR count). The maximum absolute atomic E-state index is 13.5. The number of carbonyl (C=O) groups excluding carboxylic acids is 4. The van der Waals surface area contributed by atoms with Gasteiger partial charge in [-0.2, -0.15) is 30.6 Å². The molecule has 6 aromatic carbocycles. The minimum absolute atomic E-state index is 0.0909. The third-order valence-electron chi connectivity index (χ3n) is 20.3. The zero-order chi connectivity index (χ0) is 92.1. The van der Waals surface area contributed by atoms with Gasteiger partial charge in [0.2, 0.25) is 0 Å². The maximum Gasteiger partial charge on any atom is 0.350 e. The second kappa shape index (κ2) is 49.2. The molecule has 5 aromatic heterocycles.